The first-order valence-electron chi connectivity index (χ1n) is 6.52. The van der Waals surface area contributed by atoms with Gasteiger partial charge in [0.05, 0.1) is 11.5 Å². The molecule has 0 aromatic heterocycles. The van der Waals surface area contributed by atoms with Crippen LogP contribution in [0.4, 0.5) is 0 Å². The first-order valence-corrected chi connectivity index (χ1v) is 8.34. The van der Waals surface area contributed by atoms with Gasteiger partial charge in [0, 0.05) is 12.6 Å². The molecule has 0 amide bonds. The first-order chi connectivity index (χ1) is 7.90. The van der Waals surface area contributed by atoms with Gasteiger partial charge in [-0.25, -0.2) is 8.42 Å². The summed E-state index contributed by atoms with van der Waals surface area (Å²) in [6.07, 6.45) is 3.20. The molecule has 2 fully saturated rings. The molecular formula is C12H24N2O2S. The van der Waals surface area contributed by atoms with E-state index in [4.69, 9.17) is 0 Å². The Labute approximate surface area is 105 Å². The number of nitrogens with one attached hydrogen (secondary N) is 1. The Bertz CT molecular complexity index is 361. The Morgan fingerprint density at radius 3 is 2.53 bits per heavy atom. The number of hydrogen-bond donors (Lipinski definition) is 1. The van der Waals surface area contributed by atoms with Crippen molar-refractivity contribution in [2.75, 3.05) is 38.2 Å². The van der Waals surface area contributed by atoms with Crippen LogP contribution in [-0.4, -0.2) is 57.5 Å². The summed E-state index contributed by atoms with van der Waals surface area (Å²) < 4.78 is 23.0. The van der Waals surface area contributed by atoms with Crippen LogP contribution >= 0.6 is 0 Å². The fourth-order valence-electron chi connectivity index (χ4n) is 3.04. The van der Waals surface area contributed by atoms with Crippen molar-refractivity contribution in [1.29, 1.82) is 0 Å². The van der Waals surface area contributed by atoms with E-state index in [1.807, 2.05) is 0 Å². The standard InChI is InChI=1S/C12H24N2O2S/c1-12(4-6-13-7-5-12)10-14(2)11-3-8-17(15,16)9-11/h11,13H,3-10H2,1-2H3. The van der Waals surface area contributed by atoms with Crippen LogP contribution in [-0.2, 0) is 9.84 Å². The summed E-state index contributed by atoms with van der Waals surface area (Å²) in [7, 11) is -0.673. The summed E-state index contributed by atoms with van der Waals surface area (Å²) in [6, 6.07) is 0.242. The van der Waals surface area contributed by atoms with Gasteiger partial charge in [-0.05, 0) is 44.8 Å². The highest BCUT2D eigenvalue weighted by atomic mass is 32.2. The van der Waals surface area contributed by atoms with E-state index < -0.39 is 9.84 Å². The molecule has 1 unspecified atom stereocenters. The van der Waals surface area contributed by atoms with E-state index in [9.17, 15) is 8.42 Å². The SMILES string of the molecule is CN(CC1(C)CCNCC1)C1CCS(=O)(=O)C1. The summed E-state index contributed by atoms with van der Waals surface area (Å²) in [6.45, 7) is 5.53. The molecule has 0 bridgehead atoms. The lowest BCUT2D eigenvalue weighted by atomic mass is 9.80. The Kier molecular flexibility index (Phi) is 3.80. The molecule has 100 valence electrons. The highest BCUT2D eigenvalue weighted by Crippen LogP contribution is 2.30. The van der Waals surface area contributed by atoms with Crippen molar-refractivity contribution in [2.45, 2.75) is 32.2 Å². The summed E-state index contributed by atoms with van der Waals surface area (Å²) in [5.41, 5.74) is 0.354. The van der Waals surface area contributed by atoms with Crippen molar-refractivity contribution < 1.29 is 8.42 Å². The fourth-order valence-corrected chi connectivity index (χ4v) is 4.85. The van der Waals surface area contributed by atoms with Crippen LogP contribution in [0.5, 0.6) is 0 Å². The summed E-state index contributed by atoms with van der Waals surface area (Å²) in [5, 5.41) is 3.38. The Hall–Kier alpha value is -0.130. The van der Waals surface area contributed by atoms with E-state index in [0.29, 0.717) is 16.9 Å². The van der Waals surface area contributed by atoms with Gasteiger partial charge in [0.15, 0.2) is 9.84 Å². The van der Waals surface area contributed by atoms with Crippen molar-refractivity contribution >= 4 is 9.84 Å². The monoisotopic (exact) mass is 260 g/mol. The number of nitrogens with zero attached hydrogens (tertiary/aromatic N) is 1. The van der Waals surface area contributed by atoms with E-state index in [-0.39, 0.29) is 6.04 Å². The van der Waals surface area contributed by atoms with E-state index in [1.54, 1.807) is 0 Å². The third kappa shape index (κ3) is 3.42. The number of hydrogen-bond acceptors (Lipinski definition) is 4. The third-order valence-corrected chi connectivity index (χ3v) is 6.02. The molecule has 0 aromatic carbocycles. The average molecular weight is 260 g/mol. The normalized spacial score (nSPS) is 31.8. The van der Waals surface area contributed by atoms with Gasteiger partial charge in [-0.15, -0.1) is 0 Å². The molecule has 4 nitrogen and oxygen atoms in total. The van der Waals surface area contributed by atoms with Crippen LogP contribution in [0.15, 0.2) is 0 Å². The molecule has 0 aromatic rings. The molecular weight excluding hydrogens is 236 g/mol. The Balaban J connectivity index is 1.90. The van der Waals surface area contributed by atoms with Crippen LogP contribution in [0, 0.1) is 5.41 Å². The maximum absolute atomic E-state index is 11.5. The second-order valence-corrected chi connectivity index (χ2v) is 8.26. The summed E-state index contributed by atoms with van der Waals surface area (Å²) in [4.78, 5) is 2.27. The van der Waals surface area contributed by atoms with Gasteiger partial charge >= 0.3 is 0 Å². The van der Waals surface area contributed by atoms with Gasteiger partial charge in [-0.3, -0.25) is 0 Å². The molecule has 0 aliphatic carbocycles. The maximum atomic E-state index is 11.5. The second-order valence-electron chi connectivity index (χ2n) is 6.03. The van der Waals surface area contributed by atoms with E-state index in [1.165, 1.54) is 12.8 Å². The van der Waals surface area contributed by atoms with Crippen LogP contribution in [0.2, 0.25) is 0 Å². The van der Waals surface area contributed by atoms with Crippen molar-refractivity contribution in [3.63, 3.8) is 0 Å². The largest absolute Gasteiger partial charge is 0.317 e. The molecule has 1 N–H and O–H groups in total. The zero-order chi connectivity index (χ0) is 12.5. The number of piperidine rings is 1. The van der Waals surface area contributed by atoms with Gasteiger partial charge in [-0.1, -0.05) is 6.92 Å². The minimum absolute atomic E-state index is 0.242. The van der Waals surface area contributed by atoms with Crippen molar-refractivity contribution in [1.82, 2.24) is 10.2 Å². The van der Waals surface area contributed by atoms with Gasteiger partial charge in [-0.2, -0.15) is 0 Å². The smallest absolute Gasteiger partial charge is 0.151 e. The van der Waals surface area contributed by atoms with Gasteiger partial charge in [0.1, 0.15) is 0 Å². The highest BCUT2D eigenvalue weighted by Gasteiger charge is 2.34. The van der Waals surface area contributed by atoms with E-state index >= 15 is 0 Å². The molecule has 2 aliphatic heterocycles. The van der Waals surface area contributed by atoms with Gasteiger partial charge in [0.2, 0.25) is 0 Å². The molecule has 0 spiro atoms. The molecule has 17 heavy (non-hydrogen) atoms. The van der Waals surface area contributed by atoms with E-state index in [2.05, 4.69) is 24.2 Å². The van der Waals surface area contributed by atoms with Crippen LogP contribution in [0.3, 0.4) is 0 Å². The molecule has 2 saturated heterocycles. The predicted octanol–water partition coefficient (Wildman–Crippen LogP) is 0.495. The van der Waals surface area contributed by atoms with Crippen molar-refractivity contribution in [2.24, 2.45) is 5.41 Å². The molecule has 2 rings (SSSR count). The topological polar surface area (TPSA) is 49.4 Å². The van der Waals surface area contributed by atoms with Gasteiger partial charge < -0.3 is 10.2 Å². The number of rotatable bonds is 3. The summed E-state index contributed by atoms with van der Waals surface area (Å²) in [5.74, 6) is 0.734. The zero-order valence-corrected chi connectivity index (χ0v) is 11.7. The lowest BCUT2D eigenvalue weighted by Gasteiger charge is -2.39. The zero-order valence-electron chi connectivity index (χ0n) is 10.9. The quantitative estimate of drug-likeness (QED) is 0.802. The highest BCUT2D eigenvalue weighted by molar-refractivity contribution is 7.91. The Morgan fingerprint density at radius 2 is 2.00 bits per heavy atom. The van der Waals surface area contributed by atoms with Crippen molar-refractivity contribution in [3.05, 3.63) is 0 Å². The minimum atomic E-state index is -2.76. The molecule has 1 atom stereocenters. The molecule has 2 heterocycles. The molecule has 2 aliphatic rings. The average Bonchev–Trinajstić information content (AvgIpc) is 2.59. The predicted molar refractivity (Wildman–Crippen MR) is 69.9 cm³/mol. The Morgan fingerprint density at radius 1 is 1.35 bits per heavy atom. The lowest BCUT2D eigenvalue weighted by molar-refractivity contribution is 0.124. The second kappa shape index (κ2) is 4.86. The van der Waals surface area contributed by atoms with Crippen molar-refractivity contribution in [3.8, 4) is 0 Å². The summed E-state index contributed by atoms with van der Waals surface area (Å²) >= 11 is 0. The van der Waals surface area contributed by atoms with Gasteiger partial charge in [0.25, 0.3) is 0 Å². The lowest BCUT2D eigenvalue weighted by Crippen LogP contribution is -2.45. The first kappa shape index (κ1) is 13.3. The molecule has 5 heteroatoms. The van der Waals surface area contributed by atoms with Crippen LogP contribution in [0.25, 0.3) is 0 Å². The maximum Gasteiger partial charge on any atom is 0.151 e. The van der Waals surface area contributed by atoms with Crippen LogP contribution < -0.4 is 5.32 Å². The van der Waals surface area contributed by atoms with Crippen LogP contribution in [0.1, 0.15) is 26.2 Å². The molecule has 0 radical (unpaired) electrons. The number of sulfone groups is 1. The third-order valence-electron chi connectivity index (χ3n) is 4.27. The fraction of sp³-hybridized carbons (Fsp3) is 1.00. The minimum Gasteiger partial charge on any atom is -0.317 e. The molecule has 0 saturated carbocycles. The van der Waals surface area contributed by atoms with E-state index in [0.717, 1.165) is 26.1 Å².